The highest BCUT2D eigenvalue weighted by Gasteiger charge is 2.36. The van der Waals surface area contributed by atoms with Crippen LogP contribution in [0.25, 0.3) is 11.4 Å². The summed E-state index contributed by atoms with van der Waals surface area (Å²) in [4.78, 5) is 17.7. The van der Waals surface area contributed by atoms with Crippen molar-refractivity contribution in [3.05, 3.63) is 70.9 Å². The number of ether oxygens (including phenoxy) is 1. The van der Waals surface area contributed by atoms with Crippen molar-refractivity contribution in [2.75, 3.05) is 11.9 Å². The number of allylic oxidation sites excluding steroid dienone is 2. The predicted octanol–water partition coefficient (Wildman–Crippen LogP) is 4.67. The number of rotatable bonds is 4. The van der Waals surface area contributed by atoms with Gasteiger partial charge in [0.15, 0.2) is 11.6 Å². The van der Waals surface area contributed by atoms with Gasteiger partial charge in [0.1, 0.15) is 11.8 Å². The van der Waals surface area contributed by atoms with Crippen molar-refractivity contribution in [3.63, 3.8) is 0 Å². The highest BCUT2D eigenvalue weighted by Crippen LogP contribution is 2.40. The summed E-state index contributed by atoms with van der Waals surface area (Å²) in [7, 11) is 0. The first-order valence-corrected chi connectivity index (χ1v) is 10.4. The zero-order valence-corrected chi connectivity index (χ0v) is 17.2. The summed E-state index contributed by atoms with van der Waals surface area (Å²) in [6.45, 7) is 4.66. The number of carbonyl (C=O) groups is 1. The van der Waals surface area contributed by atoms with E-state index in [-0.39, 0.29) is 11.8 Å². The van der Waals surface area contributed by atoms with E-state index in [1.807, 2.05) is 41.9 Å². The lowest BCUT2D eigenvalue weighted by molar-refractivity contribution is -0.116. The molecular formula is C24H24N4O2. The number of carbonyl (C=O) groups excluding carboxylic acids is 1. The van der Waals surface area contributed by atoms with Gasteiger partial charge >= 0.3 is 0 Å². The largest absolute Gasteiger partial charge is 0.494 e. The van der Waals surface area contributed by atoms with Crippen molar-refractivity contribution in [3.8, 4) is 17.1 Å². The van der Waals surface area contributed by atoms with Crippen LogP contribution in [0.2, 0.25) is 0 Å². The van der Waals surface area contributed by atoms with Crippen molar-refractivity contribution < 1.29 is 9.53 Å². The van der Waals surface area contributed by atoms with E-state index in [1.165, 1.54) is 0 Å². The third kappa shape index (κ3) is 3.18. The van der Waals surface area contributed by atoms with E-state index in [1.54, 1.807) is 0 Å². The van der Waals surface area contributed by atoms with Crippen LogP contribution >= 0.6 is 0 Å². The van der Waals surface area contributed by atoms with Gasteiger partial charge in [-0.3, -0.25) is 4.79 Å². The summed E-state index contributed by atoms with van der Waals surface area (Å²) < 4.78 is 7.40. The van der Waals surface area contributed by atoms with Crippen LogP contribution in [0.5, 0.6) is 5.75 Å². The van der Waals surface area contributed by atoms with E-state index in [9.17, 15) is 4.79 Å². The monoisotopic (exact) mass is 400 g/mol. The average Bonchev–Trinajstić information content (AvgIpc) is 3.17. The third-order valence-corrected chi connectivity index (χ3v) is 5.65. The van der Waals surface area contributed by atoms with Crippen LogP contribution in [0.1, 0.15) is 43.4 Å². The van der Waals surface area contributed by atoms with Gasteiger partial charge < -0.3 is 10.1 Å². The Morgan fingerprint density at radius 1 is 1.17 bits per heavy atom. The quantitative estimate of drug-likeness (QED) is 0.689. The molecule has 30 heavy (non-hydrogen) atoms. The summed E-state index contributed by atoms with van der Waals surface area (Å²) in [5.74, 6) is 2.33. The van der Waals surface area contributed by atoms with Crippen LogP contribution in [-0.2, 0) is 4.79 Å². The maximum Gasteiger partial charge on any atom is 0.226 e. The number of fused-ring (bicyclic) bond motifs is 1. The molecule has 5 rings (SSSR count). The van der Waals surface area contributed by atoms with Crippen molar-refractivity contribution in [2.45, 2.75) is 39.2 Å². The Labute approximate surface area is 175 Å². The zero-order chi connectivity index (χ0) is 20.7. The fourth-order valence-corrected chi connectivity index (χ4v) is 4.29. The Hall–Kier alpha value is -3.41. The molecule has 2 heterocycles. The number of benzene rings is 2. The van der Waals surface area contributed by atoms with E-state index in [2.05, 4.69) is 30.4 Å². The molecule has 1 aromatic heterocycles. The molecule has 1 aliphatic heterocycles. The summed E-state index contributed by atoms with van der Waals surface area (Å²) in [5, 5.41) is 8.21. The minimum absolute atomic E-state index is 0.194. The van der Waals surface area contributed by atoms with Crippen molar-refractivity contribution >= 4 is 11.7 Å². The van der Waals surface area contributed by atoms with Gasteiger partial charge in [-0.15, -0.1) is 5.10 Å². The maximum atomic E-state index is 12.9. The van der Waals surface area contributed by atoms with Crippen LogP contribution < -0.4 is 10.1 Å². The number of anilines is 1. The summed E-state index contributed by atoms with van der Waals surface area (Å²) in [5.41, 5.74) is 4.93. The molecule has 0 saturated carbocycles. The summed E-state index contributed by atoms with van der Waals surface area (Å²) in [6.07, 6.45) is 2.30. The highest BCUT2D eigenvalue weighted by molar-refractivity contribution is 5.99. The standard InChI is InChI=1S/C24H24N4O2/c1-3-30-18-12-10-16(11-13-18)23-26-24-25-19-8-5-9-20(29)21(19)22(28(24)27-23)17-7-4-6-15(2)14-17/h4,6-7,10-14,22H,3,5,8-9H2,1-2H3,(H,25,26,27). The number of ketones is 1. The Morgan fingerprint density at radius 2 is 2.00 bits per heavy atom. The molecule has 1 unspecified atom stereocenters. The van der Waals surface area contributed by atoms with E-state index in [0.717, 1.165) is 46.6 Å². The minimum Gasteiger partial charge on any atom is -0.494 e. The number of hydrogen-bond donors (Lipinski definition) is 1. The lowest BCUT2D eigenvalue weighted by atomic mass is 9.85. The molecule has 2 aliphatic rings. The van der Waals surface area contributed by atoms with Crippen LogP contribution in [-0.4, -0.2) is 27.2 Å². The van der Waals surface area contributed by atoms with Crippen LogP contribution in [0, 0.1) is 6.92 Å². The number of nitrogens with zero attached hydrogens (tertiary/aromatic N) is 3. The van der Waals surface area contributed by atoms with Crippen molar-refractivity contribution in [2.24, 2.45) is 0 Å². The van der Waals surface area contributed by atoms with Gasteiger partial charge in [0.2, 0.25) is 5.95 Å². The summed E-state index contributed by atoms with van der Waals surface area (Å²) in [6, 6.07) is 15.8. The number of Topliss-reactive ketones (excluding diaryl/α,β-unsaturated/α-hetero) is 1. The maximum absolute atomic E-state index is 12.9. The van der Waals surface area contributed by atoms with Gasteiger partial charge in [-0.2, -0.15) is 4.98 Å². The van der Waals surface area contributed by atoms with Gasteiger partial charge in [0.05, 0.1) is 6.61 Å². The van der Waals surface area contributed by atoms with Crippen molar-refractivity contribution in [1.29, 1.82) is 0 Å². The molecule has 0 fully saturated rings. The second-order valence-corrected chi connectivity index (χ2v) is 7.77. The molecule has 6 nitrogen and oxygen atoms in total. The number of aromatic nitrogens is 3. The normalized spacial score (nSPS) is 17.9. The molecule has 152 valence electrons. The molecule has 0 spiro atoms. The Morgan fingerprint density at radius 3 is 2.77 bits per heavy atom. The fraction of sp³-hybridized carbons (Fsp3) is 0.292. The predicted molar refractivity (Wildman–Crippen MR) is 115 cm³/mol. The molecular weight excluding hydrogens is 376 g/mol. The summed E-state index contributed by atoms with van der Waals surface area (Å²) >= 11 is 0. The molecule has 3 aromatic rings. The third-order valence-electron chi connectivity index (χ3n) is 5.65. The molecule has 2 aromatic carbocycles. The van der Waals surface area contributed by atoms with Crippen LogP contribution in [0.4, 0.5) is 5.95 Å². The van der Waals surface area contributed by atoms with Gasteiger partial charge in [0, 0.05) is 23.3 Å². The minimum atomic E-state index is -0.257. The molecule has 6 heteroatoms. The Bertz CT molecular complexity index is 1140. The van der Waals surface area contributed by atoms with E-state index in [0.29, 0.717) is 24.8 Å². The molecule has 0 bridgehead atoms. The van der Waals surface area contributed by atoms with Gasteiger partial charge in [-0.25, -0.2) is 4.68 Å². The fourth-order valence-electron chi connectivity index (χ4n) is 4.29. The lowest BCUT2D eigenvalue weighted by Gasteiger charge is -2.32. The SMILES string of the molecule is CCOc1ccc(-c2nc3n(n2)C(c2cccc(C)c2)C2=C(CCCC2=O)N3)cc1. The average molecular weight is 400 g/mol. The van der Waals surface area contributed by atoms with E-state index in [4.69, 9.17) is 14.8 Å². The molecule has 1 N–H and O–H groups in total. The molecule has 1 atom stereocenters. The Kier molecular flexibility index (Phi) is 4.62. The highest BCUT2D eigenvalue weighted by atomic mass is 16.5. The smallest absolute Gasteiger partial charge is 0.226 e. The number of hydrogen-bond acceptors (Lipinski definition) is 5. The zero-order valence-electron chi connectivity index (χ0n) is 17.2. The first-order chi connectivity index (χ1) is 14.6. The van der Waals surface area contributed by atoms with Gasteiger partial charge in [-0.05, 0) is 56.5 Å². The second kappa shape index (κ2) is 7.44. The van der Waals surface area contributed by atoms with E-state index >= 15 is 0 Å². The van der Waals surface area contributed by atoms with Crippen LogP contribution in [0.3, 0.4) is 0 Å². The second-order valence-electron chi connectivity index (χ2n) is 7.77. The van der Waals surface area contributed by atoms with Gasteiger partial charge in [0.25, 0.3) is 0 Å². The van der Waals surface area contributed by atoms with E-state index < -0.39 is 0 Å². The molecule has 1 aliphatic carbocycles. The first-order valence-electron chi connectivity index (χ1n) is 10.4. The molecule has 0 radical (unpaired) electrons. The molecule has 0 amide bonds. The number of aryl methyl sites for hydroxylation is 1. The van der Waals surface area contributed by atoms with Crippen LogP contribution in [0.15, 0.2) is 59.8 Å². The first kappa shape index (κ1) is 18.6. The van der Waals surface area contributed by atoms with Crippen molar-refractivity contribution in [1.82, 2.24) is 14.8 Å². The topological polar surface area (TPSA) is 69.0 Å². The van der Waals surface area contributed by atoms with Gasteiger partial charge in [-0.1, -0.05) is 29.8 Å². The number of nitrogens with one attached hydrogen (secondary N) is 1. The molecule has 0 saturated heterocycles. The Balaban J connectivity index is 1.61. The lowest BCUT2D eigenvalue weighted by Crippen LogP contribution is -2.31.